The molecule has 0 aliphatic carbocycles. The smallest absolute Gasteiger partial charge is 0.159 e. The normalized spacial score (nSPS) is 12.2. The fraction of sp³-hybridized carbons (Fsp3) is 0.667. The predicted molar refractivity (Wildman–Crippen MR) is 45.5 cm³/mol. The van der Waals surface area contributed by atoms with Crippen molar-refractivity contribution in [2.45, 2.75) is 33.6 Å². The summed E-state index contributed by atoms with van der Waals surface area (Å²) in [6.07, 6.45) is 2.37. The first-order chi connectivity index (χ1) is 5.06. The third-order valence-electron chi connectivity index (χ3n) is 1.30. The van der Waals surface area contributed by atoms with Crippen molar-refractivity contribution in [3.05, 3.63) is 11.8 Å². The van der Waals surface area contributed by atoms with Crippen molar-refractivity contribution in [3.63, 3.8) is 0 Å². The lowest BCUT2D eigenvalue weighted by Gasteiger charge is -1.99. The Hall–Kier alpha value is -0.790. The van der Waals surface area contributed by atoms with Crippen LogP contribution in [0.25, 0.3) is 0 Å². The van der Waals surface area contributed by atoms with E-state index >= 15 is 0 Å². The Bertz CT molecular complexity index is 157. The Morgan fingerprint density at radius 1 is 1.55 bits per heavy atom. The summed E-state index contributed by atoms with van der Waals surface area (Å²) in [5, 5.41) is 8.98. The molecule has 64 valence electrons. The number of aliphatic hydroxyl groups excluding tert-OH is 1. The van der Waals surface area contributed by atoms with E-state index in [0.717, 1.165) is 0 Å². The van der Waals surface area contributed by atoms with Gasteiger partial charge in [-0.2, -0.15) is 0 Å². The molecule has 0 rings (SSSR count). The van der Waals surface area contributed by atoms with Crippen LogP contribution in [0, 0.1) is 5.92 Å². The second-order valence-electron chi connectivity index (χ2n) is 3.05. The topological polar surface area (TPSA) is 37.3 Å². The fourth-order valence-electron chi connectivity index (χ4n) is 0.749. The lowest BCUT2D eigenvalue weighted by Crippen LogP contribution is -1.99. The van der Waals surface area contributed by atoms with Crippen LogP contribution in [0.3, 0.4) is 0 Å². The summed E-state index contributed by atoms with van der Waals surface area (Å²) in [6.45, 7) is 5.78. The number of carbonyl (C=O) groups is 1. The molecule has 0 unspecified atom stereocenters. The van der Waals surface area contributed by atoms with Gasteiger partial charge in [-0.05, 0) is 5.92 Å². The number of hydrogen-bond donors (Lipinski definition) is 1. The molecule has 11 heavy (non-hydrogen) atoms. The van der Waals surface area contributed by atoms with Crippen molar-refractivity contribution in [2.24, 2.45) is 5.92 Å². The number of hydrogen-bond acceptors (Lipinski definition) is 2. The maximum absolute atomic E-state index is 11.0. The van der Waals surface area contributed by atoms with Gasteiger partial charge in [0.05, 0.1) is 5.76 Å². The van der Waals surface area contributed by atoms with Crippen molar-refractivity contribution in [3.8, 4) is 0 Å². The molecule has 0 saturated heterocycles. The molecule has 0 amide bonds. The minimum absolute atomic E-state index is 0.0133. The van der Waals surface area contributed by atoms with E-state index in [0.29, 0.717) is 18.8 Å². The molecule has 0 aromatic rings. The minimum atomic E-state index is 0.0133. The molecule has 0 aliphatic rings. The zero-order chi connectivity index (χ0) is 8.85. The first-order valence-electron chi connectivity index (χ1n) is 3.98. The van der Waals surface area contributed by atoms with Crippen LogP contribution in [0.4, 0.5) is 0 Å². The molecule has 0 aromatic heterocycles. The van der Waals surface area contributed by atoms with Gasteiger partial charge in [0, 0.05) is 18.9 Å². The molecular formula is C9H16O2. The predicted octanol–water partition coefficient (Wildman–Crippen LogP) is 2.45. The van der Waals surface area contributed by atoms with Gasteiger partial charge in [-0.25, -0.2) is 0 Å². The molecule has 1 N–H and O–H groups in total. The van der Waals surface area contributed by atoms with E-state index in [9.17, 15) is 4.79 Å². The van der Waals surface area contributed by atoms with Gasteiger partial charge in [-0.1, -0.05) is 20.8 Å². The molecule has 2 heteroatoms. The molecule has 0 atom stereocenters. The van der Waals surface area contributed by atoms with Gasteiger partial charge in [-0.15, -0.1) is 0 Å². The average molecular weight is 156 g/mol. The molecular weight excluding hydrogens is 140 g/mol. The van der Waals surface area contributed by atoms with Gasteiger partial charge in [0.25, 0.3) is 0 Å². The quantitative estimate of drug-likeness (QED) is 0.501. The van der Waals surface area contributed by atoms with E-state index in [-0.39, 0.29) is 11.5 Å². The SMILES string of the molecule is CC/C(O)=C/C(=O)CC(C)C. The Kier molecular flexibility index (Phi) is 4.59. The molecule has 0 bridgehead atoms. The Morgan fingerprint density at radius 2 is 2.09 bits per heavy atom. The fourth-order valence-corrected chi connectivity index (χ4v) is 0.749. The Morgan fingerprint density at radius 3 is 2.45 bits per heavy atom. The van der Waals surface area contributed by atoms with Crippen LogP contribution in [0.2, 0.25) is 0 Å². The van der Waals surface area contributed by atoms with Crippen molar-refractivity contribution in [2.75, 3.05) is 0 Å². The summed E-state index contributed by atoms with van der Waals surface area (Å²) in [5.74, 6) is 0.554. The van der Waals surface area contributed by atoms with Crippen LogP contribution in [0.5, 0.6) is 0 Å². The molecule has 0 spiro atoms. The van der Waals surface area contributed by atoms with Gasteiger partial charge in [-0.3, -0.25) is 4.79 Å². The van der Waals surface area contributed by atoms with Crippen LogP contribution >= 0.6 is 0 Å². The third kappa shape index (κ3) is 5.64. The molecule has 0 radical (unpaired) electrons. The zero-order valence-corrected chi connectivity index (χ0v) is 7.42. The van der Waals surface area contributed by atoms with Crippen molar-refractivity contribution < 1.29 is 9.90 Å². The van der Waals surface area contributed by atoms with Gasteiger partial charge in [0.15, 0.2) is 5.78 Å². The van der Waals surface area contributed by atoms with E-state index in [2.05, 4.69) is 0 Å². The summed E-state index contributed by atoms with van der Waals surface area (Å²) in [4.78, 5) is 11.0. The highest BCUT2D eigenvalue weighted by Crippen LogP contribution is 2.03. The summed E-state index contributed by atoms with van der Waals surface area (Å²) in [7, 11) is 0. The third-order valence-corrected chi connectivity index (χ3v) is 1.30. The van der Waals surface area contributed by atoms with Crippen LogP contribution in [0.15, 0.2) is 11.8 Å². The molecule has 0 fully saturated rings. The Labute approximate surface area is 67.9 Å². The summed E-state index contributed by atoms with van der Waals surface area (Å²) in [5.41, 5.74) is 0. The van der Waals surface area contributed by atoms with Crippen molar-refractivity contribution >= 4 is 5.78 Å². The lowest BCUT2D eigenvalue weighted by atomic mass is 10.1. The van der Waals surface area contributed by atoms with Crippen molar-refractivity contribution in [1.29, 1.82) is 0 Å². The van der Waals surface area contributed by atoms with Crippen molar-refractivity contribution in [1.82, 2.24) is 0 Å². The monoisotopic (exact) mass is 156 g/mol. The first kappa shape index (κ1) is 10.2. The summed E-state index contributed by atoms with van der Waals surface area (Å²) >= 11 is 0. The van der Waals surface area contributed by atoms with E-state index in [4.69, 9.17) is 5.11 Å². The van der Waals surface area contributed by atoms with E-state index in [1.165, 1.54) is 6.08 Å². The number of ketones is 1. The van der Waals surface area contributed by atoms with Gasteiger partial charge >= 0.3 is 0 Å². The number of rotatable bonds is 4. The largest absolute Gasteiger partial charge is 0.512 e. The summed E-state index contributed by atoms with van der Waals surface area (Å²) in [6, 6.07) is 0. The van der Waals surface area contributed by atoms with Crippen LogP contribution < -0.4 is 0 Å². The molecule has 0 aliphatic heterocycles. The molecule has 0 aromatic carbocycles. The van der Waals surface area contributed by atoms with Crippen LogP contribution in [0.1, 0.15) is 33.6 Å². The number of carbonyl (C=O) groups excluding carboxylic acids is 1. The highest BCUT2D eigenvalue weighted by atomic mass is 16.3. The van der Waals surface area contributed by atoms with E-state index in [1.807, 2.05) is 20.8 Å². The van der Waals surface area contributed by atoms with E-state index in [1.54, 1.807) is 0 Å². The Balaban J connectivity index is 3.86. The maximum atomic E-state index is 11.0. The summed E-state index contributed by atoms with van der Waals surface area (Å²) < 4.78 is 0. The standard InChI is InChI=1S/C9H16O2/c1-4-8(10)6-9(11)5-7(2)3/h6-7,10H,4-5H2,1-3H3/b8-6-. The maximum Gasteiger partial charge on any atom is 0.159 e. The average Bonchev–Trinajstić information content (AvgIpc) is 1.85. The second-order valence-corrected chi connectivity index (χ2v) is 3.05. The van der Waals surface area contributed by atoms with Gasteiger partial charge < -0.3 is 5.11 Å². The number of allylic oxidation sites excluding steroid dienone is 2. The first-order valence-corrected chi connectivity index (χ1v) is 3.98. The minimum Gasteiger partial charge on any atom is -0.512 e. The number of aliphatic hydroxyl groups is 1. The molecule has 0 heterocycles. The molecule has 0 saturated carbocycles. The van der Waals surface area contributed by atoms with Gasteiger partial charge in [0.2, 0.25) is 0 Å². The highest BCUT2D eigenvalue weighted by Gasteiger charge is 2.02. The van der Waals surface area contributed by atoms with Gasteiger partial charge in [0.1, 0.15) is 0 Å². The van der Waals surface area contributed by atoms with Crippen LogP contribution in [-0.4, -0.2) is 10.9 Å². The molecule has 2 nitrogen and oxygen atoms in total. The van der Waals surface area contributed by atoms with Crippen LogP contribution in [-0.2, 0) is 4.79 Å². The second kappa shape index (κ2) is 4.94. The van der Waals surface area contributed by atoms with E-state index < -0.39 is 0 Å². The highest BCUT2D eigenvalue weighted by molar-refractivity contribution is 5.90. The lowest BCUT2D eigenvalue weighted by molar-refractivity contribution is -0.115. The zero-order valence-electron chi connectivity index (χ0n) is 7.42.